The third kappa shape index (κ3) is 1.37. The fourth-order valence-electron chi connectivity index (χ4n) is 1.84. The zero-order valence-electron chi connectivity index (χ0n) is 8.69. The van der Waals surface area contributed by atoms with E-state index in [9.17, 15) is 0 Å². The van der Waals surface area contributed by atoms with E-state index in [-0.39, 0.29) is 0 Å². The predicted octanol–water partition coefficient (Wildman–Crippen LogP) is 2.63. The predicted molar refractivity (Wildman–Crippen MR) is 65.7 cm³/mol. The van der Waals surface area contributed by atoms with Gasteiger partial charge in [0.15, 0.2) is 5.82 Å². The number of fused-ring (bicyclic) bond motifs is 1. The van der Waals surface area contributed by atoms with Gasteiger partial charge in [0, 0.05) is 29.7 Å². The maximum atomic E-state index is 4.93. The molecule has 0 amide bonds. The number of nitrogens with one attached hydrogen (secondary N) is 2. The Morgan fingerprint density at radius 1 is 1.25 bits per heavy atom. The van der Waals surface area contributed by atoms with Gasteiger partial charge in [0.1, 0.15) is 0 Å². The molecule has 0 unspecified atom stereocenters. The van der Waals surface area contributed by atoms with Gasteiger partial charge in [0.05, 0.1) is 0 Å². The van der Waals surface area contributed by atoms with Crippen molar-refractivity contribution in [2.45, 2.75) is 0 Å². The summed E-state index contributed by atoms with van der Waals surface area (Å²) >= 11 is 4.93. The van der Waals surface area contributed by atoms with Crippen LogP contribution in [0.4, 0.5) is 0 Å². The van der Waals surface area contributed by atoms with Crippen molar-refractivity contribution in [3.05, 3.63) is 35.2 Å². The number of hydrogen-bond acceptors (Lipinski definition) is 2. The van der Waals surface area contributed by atoms with Gasteiger partial charge in [-0.1, -0.05) is 0 Å². The van der Waals surface area contributed by atoms with E-state index in [0.717, 1.165) is 11.4 Å². The molecule has 0 atom stereocenters. The topological polar surface area (TPSA) is 49.4 Å². The summed E-state index contributed by atoms with van der Waals surface area (Å²) in [7, 11) is 2.03. The van der Waals surface area contributed by atoms with Crippen LogP contribution in [0.15, 0.2) is 30.5 Å². The van der Waals surface area contributed by atoms with Crippen LogP contribution in [0.2, 0.25) is 0 Å². The molecule has 0 aliphatic carbocycles. The summed E-state index contributed by atoms with van der Waals surface area (Å²) in [5.41, 5.74) is 2.24. The van der Waals surface area contributed by atoms with Crippen molar-refractivity contribution in [2.75, 3.05) is 0 Å². The molecule has 4 nitrogen and oxygen atoms in total. The zero-order chi connectivity index (χ0) is 11.1. The highest BCUT2D eigenvalue weighted by Gasteiger charge is 2.03. The van der Waals surface area contributed by atoms with Gasteiger partial charge in [-0.3, -0.25) is 10.2 Å². The van der Waals surface area contributed by atoms with Gasteiger partial charge in [-0.05, 0) is 36.5 Å². The van der Waals surface area contributed by atoms with Crippen LogP contribution >= 0.6 is 12.2 Å². The smallest absolute Gasteiger partial charge is 0.213 e. The highest BCUT2D eigenvalue weighted by molar-refractivity contribution is 7.71. The molecule has 2 N–H and O–H groups in total. The molecule has 80 valence electrons. The van der Waals surface area contributed by atoms with E-state index in [1.807, 2.05) is 19.3 Å². The second kappa shape index (κ2) is 3.31. The van der Waals surface area contributed by atoms with E-state index in [0.29, 0.717) is 4.77 Å². The summed E-state index contributed by atoms with van der Waals surface area (Å²) in [5, 5.41) is 6.94. The van der Waals surface area contributed by atoms with Crippen LogP contribution in [-0.2, 0) is 7.05 Å². The van der Waals surface area contributed by atoms with Crippen LogP contribution in [0.5, 0.6) is 0 Å². The first-order chi connectivity index (χ1) is 7.74. The maximum Gasteiger partial charge on any atom is 0.213 e. The Morgan fingerprint density at radius 3 is 2.88 bits per heavy atom. The molecular formula is C11H10N4S. The molecule has 0 saturated heterocycles. The molecular weight excluding hydrogens is 220 g/mol. The average molecular weight is 230 g/mol. The number of hydrogen-bond donors (Lipinski definition) is 2. The number of rotatable bonds is 1. The molecule has 0 fully saturated rings. The maximum absolute atomic E-state index is 4.93. The normalized spacial score (nSPS) is 11.1. The first-order valence-corrected chi connectivity index (χ1v) is 5.35. The van der Waals surface area contributed by atoms with Crippen molar-refractivity contribution < 1.29 is 0 Å². The number of aromatic nitrogens is 4. The number of aryl methyl sites for hydroxylation is 1. The Morgan fingerprint density at radius 2 is 2.12 bits per heavy atom. The average Bonchev–Trinajstić information content (AvgIpc) is 2.86. The largest absolute Gasteiger partial charge is 0.351 e. The van der Waals surface area contributed by atoms with Crippen LogP contribution < -0.4 is 0 Å². The van der Waals surface area contributed by atoms with Crippen LogP contribution in [0.1, 0.15) is 0 Å². The lowest BCUT2D eigenvalue weighted by atomic mass is 10.1. The molecule has 0 aliphatic heterocycles. The second-order valence-corrected chi connectivity index (χ2v) is 4.10. The van der Waals surface area contributed by atoms with Crippen molar-refractivity contribution in [3.8, 4) is 11.4 Å². The summed E-state index contributed by atoms with van der Waals surface area (Å²) in [4.78, 5) is 4.19. The Kier molecular flexibility index (Phi) is 1.94. The van der Waals surface area contributed by atoms with Crippen LogP contribution in [0.25, 0.3) is 22.3 Å². The minimum absolute atomic E-state index is 0.475. The molecule has 2 aromatic heterocycles. The lowest BCUT2D eigenvalue weighted by molar-refractivity contribution is 0.969. The first-order valence-electron chi connectivity index (χ1n) is 4.94. The lowest BCUT2D eigenvalue weighted by Gasteiger charge is -1.98. The molecule has 0 bridgehead atoms. The van der Waals surface area contributed by atoms with E-state index in [1.165, 1.54) is 10.9 Å². The fraction of sp³-hybridized carbons (Fsp3) is 0.0909. The number of nitrogens with zero attached hydrogens (tertiary/aromatic N) is 2. The third-order valence-electron chi connectivity index (χ3n) is 2.66. The highest BCUT2D eigenvalue weighted by Crippen LogP contribution is 2.21. The third-order valence-corrected chi connectivity index (χ3v) is 2.85. The molecule has 0 spiro atoms. The van der Waals surface area contributed by atoms with Crippen molar-refractivity contribution in [2.24, 2.45) is 7.05 Å². The molecule has 1 aromatic carbocycles. The fourth-order valence-corrected chi connectivity index (χ4v) is 1.98. The molecule has 0 saturated carbocycles. The Balaban J connectivity index is 2.22. The molecule has 3 aromatic rings. The highest BCUT2D eigenvalue weighted by atomic mass is 32.1. The number of benzene rings is 1. The van der Waals surface area contributed by atoms with E-state index < -0.39 is 0 Å². The van der Waals surface area contributed by atoms with Gasteiger partial charge in [0.25, 0.3) is 0 Å². The Bertz CT molecular complexity index is 704. The van der Waals surface area contributed by atoms with Gasteiger partial charge in [-0.25, -0.2) is 0 Å². The van der Waals surface area contributed by atoms with Gasteiger partial charge in [0.2, 0.25) is 4.77 Å². The second-order valence-electron chi connectivity index (χ2n) is 3.72. The van der Waals surface area contributed by atoms with Gasteiger partial charge in [-0.2, -0.15) is 4.98 Å². The van der Waals surface area contributed by atoms with Gasteiger partial charge >= 0.3 is 0 Å². The van der Waals surface area contributed by atoms with E-state index in [4.69, 9.17) is 12.2 Å². The molecule has 16 heavy (non-hydrogen) atoms. The molecule has 5 heteroatoms. The summed E-state index contributed by atoms with van der Waals surface area (Å²) in [6.45, 7) is 0. The standard InChI is InChI=1S/C11H10N4S/c1-15-5-4-7-6-8(2-3-9(7)15)10-12-11(16)14-13-10/h2-6H,1H3,(H2,12,13,14,16). The Labute approximate surface area is 96.9 Å². The lowest BCUT2D eigenvalue weighted by Crippen LogP contribution is -1.84. The summed E-state index contributed by atoms with van der Waals surface area (Å²) in [6, 6.07) is 8.29. The van der Waals surface area contributed by atoms with Crippen LogP contribution in [0, 0.1) is 4.77 Å². The first kappa shape index (κ1) is 9.35. The van der Waals surface area contributed by atoms with Crippen LogP contribution in [-0.4, -0.2) is 19.7 Å². The number of aromatic amines is 2. The minimum Gasteiger partial charge on any atom is -0.351 e. The van der Waals surface area contributed by atoms with E-state index >= 15 is 0 Å². The summed E-state index contributed by atoms with van der Waals surface area (Å²) in [6.07, 6.45) is 2.04. The quantitative estimate of drug-likeness (QED) is 0.631. The number of H-pyrrole nitrogens is 2. The van der Waals surface area contributed by atoms with Crippen molar-refractivity contribution in [3.63, 3.8) is 0 Å². The molecule has 3 rings (SSSR count). The van der Waals surface area contributed by atoms with Gasteiger partial charge in [-0.15, -0.1) is 0 Å². The van der Waals surface area contributed by atoms with Gasteiger partial charge < -0.3 is 4.57 Å². The Hall–Kier alpha value is -1.88. The summed E-state index contributed by atoms with van der Waals surface area (Å²) < 4.78 is 2.56. The van der Waals surface area contributed by atoms with Crippen molar-refractivity contribution in [1.82, 2.24) is 19.7 Å². The van der Waals surface area contributed by atoms with Crippen molar-refractivity contribution in [1.29, 1.82) is 0 Å². The van der Waals surface area contributed by atoms with E-state index in [1.54, 1.807) is 0 Å². The monoisotopic (exact) mass is 230 g/mol. The van der Waals surface area contributed by atoms with E-state index in [2.05, 4.69) is 37.9 Å². The molecule has 0 aliphatic rings. The van der Waals surface area contributed by atoms with Crippen molar-refractivity contribution >= 4 is 23.1 Å². The summed E-state index contributed by atoms with van der Waals surface area (Å²) in [5.74, 6) is 0.774. The molecule has 2 heterocycles. The SMILES string of the molecule is Cn1ccc2cc(-c3nc(=S)[nH][nH]3)ccc21. The minimum atomic E-state index is 0.475. The zero-order valence-corrected chi connectivity index (χ0v) is 9.51. The molecule has 0 radical (unpaired) electrons. The van der Waals surface area contributed by atoms with Crippen LogP contribution in [0.3, 0.4) is 0 Å².